The van der Waals surface area contributed by atoms with Gasteiger partial charge in [-0.05, 0) is 34.4 Å². The monoisotopic (exact) mass is 210 g/mol. The molecule has 78 valence electrons. The Kier molecular flexibility index (Phi) is 1.83. The molecule has 0 amide bonds. The van der Waals surface area contributed by atoms with Gasteiger partial charge in [-0.1, -0.05) is 30.3 Å². The van der Waals surface area contributed by atoms with Crippen molar-refractivity contribution in [2.75, 3.05) is 0 Å². The first-order valence-electron chi connectivity index (χ1n) is 5.19. The van der Waals surface area contributed by atoms with Crippen molar-refractivity contribution in [3.8, 4) is 16.9 Å². The lowest BCUT2D eigenvalue weighted by molar-refractivity contribution is -0.108. The molecule has 2 heteroatoms. The van der Waals surface area contributed by atoms with Crippen LogP contribution >= 0.6 is 0 Å². The Morgan fingerprint density at radius 3 is 2.56 bits per heavy atom. The zero-order chi connectivity index (χ0) is 11.1. The Balaban J connectivity index is 2.34. The Morgan fingerprint density at radius 2 is 1.75 bits per heavy atom. The van der Waals surface area contributed by atoms with Gasteiger partial charge in [0.05, 0.1) is 5.92 Å². The van der Waals surface area contributed by atoms with Crippen molar-refractivity contribution in [3.63, 3.8) is 0 Å². The number of phenolic OH excluding ortho intramolecular Hbond substituents is 1. The molecular weight excluding hydrogens is 200 g/mol. The smallest absolute Gasteiger partial charge is 0.131 e. The summed E-state index contributed by atoms with van der Waals surface area (Å²) < 4.78 is 0. The summed E-state index contributed by atoms with van der Waals surface area (Å²) in [5.41, 5.74) is 4.06. The standard InChI is InChI=1S/C14H10O2/c15-8-14-11-4-2-1-3-10(11)12-6-5-9(16)7-13(12)14/h1-8,14,16H. The SMILES string of the molecule is O=CC1c2ccccc2-c2ccc(O)cc21. The molecule has 0 radical (unpaired) electrons. The summed E-state index contributed by atoms with van der Waals surface area (Å²) in [6.45, 7) is 0. The van der Waals surface area contributed by atoms with Gasteiger partial charge in [-0.25, -0.2) is 0 Å². The second-order valence-corrected chi connectivity index (χ2v) is 3.97. The fourth-order valence-electron chi connectivity index (χ4n) is 2.38. The number of carbonyl (C=O) groups is 1. The Labute approximate surface area is 93.2 Å². The fraction of sp³-hybridized carbons (Fsp3) is 0.0714. The highest BCUT2D eigenvalue weighted by atomic mass is 16.3. The van der Waals surface area contributed by atoms with Gasteiger partial charge >= 0.3 is 0 Å². The molecule has 2 aromatic carbocycles. The summed E-state index contributed by atoms with van der Waals surface area (Å²) in [5.74, 6) is -0.0308. The topological polar surface area (TPSA) is 37.3 Å². The van der Waals surface area contributed by atoms with Crippen LogP contribution in [0.4, 0.5) is 0 Å². The number of fused-ring (bicyclic) bond motifs is 3. The maximum absolute atomic E-state index is 11.2. The van der Waals surface area contributed by atoms with Crippen LogP contribution in [-0.2, 0) is 4.79 Å². The van der Waals surface area contributed by atoms with Crippen LogP contribution < -0.4 is 0 Å². The van der Waals surface area contributed by atoms with Crippen molar-refractivity contribution in [3.05, 3.63) is 53.6 Å². The molecular formula is C14H10O2. The van der Waals surface area contributed by atoms with Gasteiger partial charge < -0.3 is 9.90 Å². The van der Waals surface area contributed by atoms with E-state index in [1.165, 1.54) is 0 Å². The number of aldehydes is 1. The van der Waals surface area contributed by atoms with E-state index in [1.54, 1.807) is 12.1 Å². The predicted molar refractivity (Wildman–Crippen MR) is 61.4 cm³/mol. The largest absolute Gasteiger partial charge is 0.508 e. The molecule has 0 fully saturated rings. The number of rotatable bonds is 1. The molecule has 2 nitrogen and oxygen atoms in total. The summed E-state index contributed by atoms with van der Waals surface area (Å²) in [6.07, 6.45) is 0.935. The van der Waals surface area contributed by atoms with E-state index in [-0.39, 0.29) is 11.7 Å². The molecule has 0 saturated heterocycles. The van der Waals surface area contributed by atoms with E-state index >= 15 is 0 Å². The fourth-order valence-corrected chi connectivity index (χ4v) is 2.38. The van der Waals surface area contributed by atoms with Gasteiger partial charge in [0, 0.05) is 0 Å². The predicted octanol–water partition coefficient (Wildman–Crippen LogP) is 2.70. The average molecular weight is 210 g/mol. The Bertz CT molecular complexity index is 573. The van der Waals surface area contributed by atoms with Crippen molar-refractivity contribution >= 4 is 6.29 Å². The molecule has 1 N–H and O–H groups in total. The van der Waals surface area contributed by atoms with Crippen molar-refractivity contribution in [2.24, 2.45) is 0 Å². The van der Waals surface area contributed by atoms with Crippen molar-refractivity contribution < 1.29 is 9.90 Å². The zero-order valence-electron chi connectivity index (χ0n) is 8.55. The lowest BCUT2D eigenvalue weighted by Gasteiger charge is -2.04. The first-order chi connectivity index (χ1) is 7.81. The number of phenols is 1. The van der Waals surface area contributed by atoms with Crippen LogP contribution in [-0.4, -0.2) is 11.4 Å². The van der Waals surface area contributed by atoms with Crippen LogP contribution in [0.2, 0.25) is 0 Å². The molecule has 2 aromatic rings. The van der Waals surface area contributed by atoms with E-state index < -0.39 is 0 Å². The highest BCUT2D eigenvalue weighted by Crippen LogP contribution is 2.44. The maximum Gasteiger partial charge on any atom is 0.131 e. The van der Waals surface area contributed by atoms with Crippen molar-refractivity contribution in [1.82, 2.24) is 0 Å². The summed E-state index contributed by atoms with van der Waals surface area (Å²) in [4.78, 5) is 11.2. The maximum atomic E-state index is 11.2. The number of hydrogen-bond acceptors (Lipinski definition) is 2. The van der Waals surface area contributed by atoms with E-state index in [9.17, 15) is 9.90 Å². The van der Waals surface area contributed by atoms with Crippen LogP contribution in [0.15, 0.2) is 42.5 Å². The van der Waals surface area contributed by atoms with Gasteiger partial charge in [0.15, 0.2) is 0 Å². The second-order valence-electron chi connectivity index (χ2n) is 3.97. The molecule has 1 atom stereocenters. The van der Waals surface area contributed by atoms with Gasteiger partial charge in [-0.15, -0.1) is 0 Å². The molecule has 3 rings (SSSR count). The summed E-state index contributed by atoms with van der Waals surface area (Å²) >= 11 is 0. The average Bonchev–Trinajstić information content (AvgIpc) is 2.61. The molecule has 16 heavy (non-hydrogen) atoms. The lowest BCUT2D eigenvalue weighted by Crippen LogP contribution is -1.96. The molecule has 0 saturated carbocycles. The molecule has 0 spiro atoms. The summed E-state index contributed by atoms with van der Waals surface area (Å²) in [5, 5.41) is 9.47. The molecule has 0 heterocycles. The van der Waals surface area contributed by atoms with E-state index in [4.69, 9.17) is 0 Å². The van der Waals surface area contributed by atoms with Crippen LogP contribution in [0.25, 0.3) is 11.1 Å². The van der Waals surface area contributed by atoms with Gasteiger partial charge in [-0.2, -0.15) is 0 Å². The minimum Gasteiger partial charge on any atom is -0.508 e. The third-order valence-corrected chi connectivity index (χ3v) is 3.09. The second kappa shape index (κ2) is 3.20. The molecule has 0 aromatic heterocycles. The Hall–Kier alpha value is -2.09. The van der Waals surface area contributed by atoms with Crippen molar-refractivity contribution in [1.29, 1.82) is 0 Å². The normalized spacial score (nSPS) is 16.6. The van der Waals surface area contributed by atoms with E-state index in [0.717, 1.165) is 28.5 Å². The van der Waals surface area contributed by atoms with Gasteiger partial charge in [0.2, 0.25) is 0 Å². The van der Waals surface area contributed by atoms with E-state index in [0.29, 0.717) is 0 Å². The Morgan fingerprint density at radius 1 is 1.00 bits per heavy atom. The van der Waals surface area contributed by atoms with Crippen LogP contribution in [0, 0.1) is 0 Å². The number of aromatic hydroxyl groups is 1. The summed E-state index contributed by atoms with van der Waals surface area (Å²) in [7, 11) is 0. The number of hydrogen-bond donors (Lipinski definition) is 1. The number of carbonyl (C=O) groups excluding carboxylic acids is 1. The first kappa shape index (κ1) is 9.16. The summed E-state index contributed by atoms with van der Waals surface area (Å²) in [6, 6.07) is 13.1. The minimum absolute atomic E-state index is 0.207. The number of benzene rings is 2. The van der Waals surface area contributed by atoms with E-state index in [1.807, 2.05) is 30.3 Å². The highest BCUT2D eigenvalue weighted by Gasteiger charge is 2.27. The van der Waals surface area contributed by atoms with Crippen LogP contribution in [0.3, 0.4) is 0 Å². The molecule has 1 aliphatic carbocycles. The zero-order valence-corrected chi connectivity index (χ0v) is 8.55. The van der Waals surface area contributed by atoms with Crippen LogP contribution in [0.1, 0.15) is 17.0 Å². The lowest BCUT2D eigenvalue weighted by atomic mass is 9.99. The molecule has 0 bridgehead atoms. The van der Waals surface area contributed by atoms with Gasteiger partial charge in [0.25, 0.3) is 0 Å². The van der Waals surface area contributed by atoms with Crippen molar-refractivity contribution in [2.45, 2.75) is 5.92 Å². The molecule has 0 aliphatic heterocycles. The third-order valence-electron chi connectivity index (χ3n) is 3.09. The van der Waals surface area contributed by atoms with Gasteiger partial charge in [0.1, 0.15) is 12.0 Å². The third kappa shape index (κ3) is 1.10. The first-order valence-corrected chi connectivity index (χ1v) is 5.19. The molecule has 1 aliphatic rings. The van der Waals surface area contributed by atoms with Crippen LogP contribution in [0.5, 0.6) is 5.75 Å². The molecule has 1 unspecified atom stereocenters. The quantitative estimate of drug-likeness (QED) is 0.735. The van der Waals surface area contributed by atoms with Gasteiger partial charge in [-0.3, -0.25) is 0 Å². The van der Waals surface area contributed by atoms with E-state index in [2.05, 4.69) is 0 Å². The highest BCUT2D eigenvalue weighted by molar-refractivity contribution is 5.88. The minimum atomic E-state index is -0.238.